The SMILES string of the molecule is CNCc1cc(Cl)cc(C)c1OC. The summed E-state index contributed by atoms with van der Waals surface area (Å²) in [5, 5.41) is 3.83. The quantitative estimate of drug-likeness (QED) is 0.807. The summed E-state index contributed by atoms with van der Waals surface area (Å²) in [6.45, 7) is 2.76. The zero-order valence-corrected chi connectivity index (χ0v) is 8.90. The first kappa shape index (κ1) is 10.4. The average Bonchev–Trinajstić information content (AvgIpc) is 2.04. The van der Waals surface area contributed by atoms with Gasteiger partial charge in [-0.05, 0) is 31.7 Å². The van der Waals surface area contributed by atoms with Gasteiger partial charge in [0, 0.05) is 17.1 Å². The van der Waals surface area contributed by atoms with Gasteiger partial charge in [0.15, 0.2) is 0 Å². The van der Waals surface area contributed by atoms with Crippen LogP contribution < -0.4 is 10.1 Å². The first-order valence-corrected chi connectivity index (χ1v) is 4.54. The average molecular weight is 200 g/mol. The zero-order chi connectivity index (χ0) is 9.84. The highest BCUT2D eigenvalue weighted by Crippen LogP contribution is 2.27. The summed E-state index contributed by atoms with van der Waals surface area (Å²) in [6.07, 6.45) is 0. The minimum Gasteiger partial charge on any atom is -0.496 e. The Morgan fingerprint density at radius 1 is 1.46 bits per heavy atom. The first-order valence-electron chi connectivity index (χ1n) is 4.16. The maximum atomic E-state index is 5.93. The van der Waals surface area contributed by atoms with Gasteiger partial charge in [-0.25, -0.2) is 0 Å². The molecular weight excluding hydrogens is 186 g/mol. The molecule has 0 saturated heterocycles. The summed E-state index contributed by atoms with van der Waals surface area (Å²) >= 11 is 5.93. The topological polar surface area (TPSA) is 21.3 Å². The molecule has 0 radical (unpaired) electrons. The molecule has 0 heterocycles. The Balaban J connectivity index is 3.13. The van der Waals surface area contributed by atoms with Crippen LogP contribution in [0.15, 0.2) is 12.1 Å². The van der Waals surface area contributed by atoms with Crippen LogP contribution in [0.25, 0.3) is 0 Å². The van der Waals surface area contributed by atoms with Gasteiger partial charge in [0.05, 0.1) is 7.11 Å². The van der Waals surface area contributed by atoms with Crippen molar-refractivity contribution < 1.29 is 4.74 Å². The fraction of sp³-hybridized carbons (Fsp3) is 0.400. The summed E-state index contributed by atoms with van der Waals surface area (Å²) in [5.74, 6) is 0.916. The van der Waals surface area contributed by atoms with E-state index >= 15 is 0 Å². The summed E-state index contributed by atoms with van der Waals surface area (Å²) < 4.78 is 5.29. The summed E-state index contributed by atoms with van der Waals surface area (Å²) in [5.41, 5.74) is 2.16. The van der Waals surface area contributed by atoms with E-state index in [0.717, 1.165) is 28.4 Å². The number of aryl methyl sites for hydroxylation is 1. The largest absolute Gasteiger partial charge is 0.496 e. The van der Waals surface area contributed by atoms with Gasteiger partial charge in [0.1, 0.15) is 5.75 Å². The fourth-order valence-electron chi connectivity index (χ4n) is 1.41. The molecule has 1 aromatic carbocycles. The molecule has 0 aliphatic heterocycles. The molecule has 1 N–H and O–H groups in total. The molecule has 0 aliphatic rings. The van der Waals surface area contributed by atoms with Gasteiger partial charge in [-0.15, -0.1) is 0 Å². The fourth-order valence-corrected chi connectivity index (χ4v) is 1.71. The number of nitrogens with one attached hydrogen (secondary N) is 1. The number of methoxy groups -OCH3 is 1. The summed E-state index contributed by atoms with van der Waals surface area (Å²) in [7, 11) is 3.57. The van der Waals surface area contributed by atoms with Crippen LogP contribution in [0.4, 0.5) is 0 Å². The van der Waals surface area contributed by atoms with Crippen LogP contribution in [0.1, 0.15) is 11.1 Å². The van der Waals surface area contributed by atoms with E-state index in [4.69, 9.17) is 16.3 Å². The van der Waals surface area contributed by atoms with E-state index in [2.05, 4.69) is 5.32 Å². The molecule has 0 aliphatic carbocycles. The highest BCUT2D eigenvalue weighted by Gasteiger charge is 2.06. The van der Waals surface area contributed by atoms with Gasteiger partial charge >= 0.3 is 0 Å². The van der Waals surface area contributed by atoms with Gasteiger partial charge in [-0.2, -0.15) is 0 Å². The van der Waals surface area contributed by atoms with Crippen LogP contribution >= 0.6 is 11.6 Å². The first-order chi connectivity index (χ1) is 6.19. The molecule has 0 atom stereocenters. The molecule has 0 saturated carbocycles. The van der Waals surface area contributed by atoms with Crippen molar-refractivity contribution in [2.45, 2.75) is 13.5 Å². The lowest BCUT2D eigenvalue weighted by Crippen LogP contribution is -2.07. The Labute approximate surface area is 83.9 Å². The van der Waals surface area contributed by atoms with Gasteiger partial charge in [0.25, 0.3) is 0 Å². The second kappa shape index (κ2) is 4.49. The van der Waals surface area contributed by atoms with E-state index in [0.29, 0.717) is 0 Å². The number of halogens is 1. The van der Waals surface area contributed by atoms with Gasteiger partial charge in [-0.1, -0.05) is 11.6 Å². The summed E-state index contributed by atoms with van der Waals surface area (Å²) in [4.78, 5) is 0. The Hall–Kier alpha value is -0.730. The second-order valence-corrected chi connectivity index (χ2v) is 3.38. The van der Waals surface area contributed by atoms with Crippen molar-refractivity contribution in [2.24, 2.45) is 0 Å². The molecule has 0 bridgehead atoms. The van der Waals surface area contributed by atoms with Crippen molar-refractivity contribution in [2.75, 3.05) is 14.2 Å². The van der Waals surface area contributed by atoms with Crippen LogP contribution in [0, 0.1) is 6.92 Å². The van der Waals surface area contributed by atoms with E-state index in [1.54, 1.807) is 7.11 Å². The lowest BCUT2D eigenvalue weighted by atomic mass is 10.1. The third-order valence-corrected chi connectivity index (χ3v) is 2.11. The van der Waals surface area contributed by atoms with Gasteiger partial charge in [-0.3, -0.25) is 0 Å². The lowest BCUT2D eigenvalue weighted by molar-refractivity contribution is 0.405. The molecule has 0 spiro atoms. The molecule has 0 unspecified atom stereocenters. The monoisotopic (exact) mass is 199 g/mol. The Morgan fingerprint density at radius 2 is 2.15 bits per heavy atom. The van der Waals surface area contributed by atoms with E-state index in [1.165, 1.54) is 0 Å². The lowest BCUT2D eigenvalue weighted by Gasteiger charge is -2.11. The van der Waals surface area contributed by atoms with Crippen molar-refractivity contribution in [1.82, 2.24) is 5.32 Å². The molecular formula is C10H14ClNO. The molecule has 2 nitrogen and oxygen atoms in total. The van der Waals surface area contributed by atoms with Crippen LogP contribution in [-0.4, -0.2) is 14.2 Å². The minimum atomic E-state index is 0.753. The molecule has 1 aromatic rings. The second-order valence-electron chi connectivity index (χ2n) is 2.95. The Kier molecular flexibility index (Phi) is 3.58. The van der Waals surface area contributed by atoms with E-state index in [1.807, 2.05) is 26.1 Å². The third kappa shape index (κ3) is 2.36. The zero-order valence-electron chi connectivity index (χ0n) is 8.15. The highest BCUT2D eigenvalue weighted by molar-refractivity contribution is 6.30. The van der Waals surface area contributed by atoms with Crippen molar-refractivity contribution >= 4 is 11.6 Å². The number of rotatable bonds is 3. The van der Waals surface area contributed by atoms with E-state index < -0.39 is 0 Å². The van der Waals surface area contributed by atoms with Gasteiger partial charge < -0.3 is 10.1 Å². The van der Waals surface area contributed by atoms with Crippen LogP contribution in [0.5, 0.6) is 5.75 Å². The number of hydrogen-bond donors (Lipinski definition) is 1. The molecule has 0 aromatic heterocycles. The van der Waals surface area contributed by atoms with E-state index in [9.17, 15) is 0 Å². The Morgan fingerprint density at radius 3 is 2.69 bits per heavy atom. The number of hydrogen-bond acceptors (Lipinski definition) is 2. The smallest absolute Gasteiger partial charge is 0.126 e. The third-order valence-electron chi connectivity index (χ3n) is 1.89. The predicted molar refractivity (Wildman–Crippen MR) is 55.5 cm³/mol. The van der Waals surface area contributed by atoms with Crippen LogP contribution in [0.3, 0.4) is 0 Å². The summed E-state index contributed by atoms with van der Waals surface area (Å²) in [6, 6.07) is 3.82. The standard InChI is InChI=1S/C10H14ClNO/c1-7-4-9(11)5-8(6-12-2)10(7)13-3/h4-5,12H,6H2,1-3H3. The molecule has 3 heteroatoms. The predicted octanol–water partition coefficient (Wildman–Crippen LogP) is 2.38. The molecule has 0 amide bonds. The molecule has 13 heavy (non-hydrogen) atoms. The number of ether oxygens (including phenoxy) is 1. The molecule has 0 fully saturated rings. The van der Waals surface area contributed by atoms with Crippen molar-refractivity contribution in [3.05, 3.63) is 28.3 Å². The van der Waals surface area contributed by atoms with Gasteiger partial charge in [0.2, 0.25) is 0 Å². The molecule has 1 rings (SSSR count). The maximum Gasteiger partial charge on any atom is 0.126 e. The minimum absolute atomic E-state index is 0.753. The van der Waals surface area contributed by atoms with Crippen LogP contribution in [0.2, 0.25) is 5.02 Å². The van der Waals surface area contributed by atoms with E-state index in [-0.39, 0.29) is 0 Å². The number of benzene rings is 1. The highest BCUT2D eigenvalue weighted by atomic mass is 35.5. The van der Waals surface area contributed by atoms with Crippen molar-refractivity contribution in [3.63, 3.8) is 0 Å². The van der Waals surface area contributed by atoms with Crippen molar-refractivity contribution in [1.29, 1.82) is 0 Å². The normalized spacial score (nSPS) is 10.2. The Bertz CT molecular complexity index is 299. The van der Waals surface area contributed by atoms with Crippen molar-refractivity contribution in [3.8, 4) is 5.75 Å². The van der Waals surface area contributed by atoms with Crippen LogP contribution in [-0.2, 0) is 6.54 Å². The molecule has 72 valence electrons. The maximum absolute atomic E-state index is 5.93.